The van der Waals surface area contributed by atoms with Crippen LogP contribution in [0.4, 0.5) is 0 Å². The molecule has 1 heterocycles. The lowest BCUT2D eigenvalue weighted by atomic mass is 9.86. The molecule has 0 spiro atoms. The maximum atomic E-state index is 12.3. The van der Waals surface area contributed by atoms with Crippen LogP contribution in [0, 0.1) is 5.92 Å². The largest absolute Gasteiger partial charge is 0.349 e. The molecule has 0 saturated heterocycles. The van der Waals surface area contributed by atoms with Crippen LogP contribution >= 0.6 is 0 Å². The second kappa shape index (κ2) is 5.03. The molecule has 0 aliphatic heterocycles. The summed E-state index contributed by atoms with van der Waals surface area (Å²) >= 11 is 0. The molecule has 0 radical (unpaired) electrons. The van der Waals surface area contributed by atoms with Gasteiger partial charge in [-0.05, 0) is 37.0 Å². The van der Waals surface area contributed by atoms with Crippen molar-refractivity contribution in [3.8, 4) is 0 Å². The normalized spacial score (nSPS) is 23.4. The zero-order valence-corrected chi connectivity index (χ0v) is 11.1. The van der Waals surface area contributed by atoms with Crippen LogP contribution in [-0.4, -0.2) is 22.1 Å². The van der Waals surface area contributed by atoms with Crippen LogP contribution < -0.4 is 5.32 Å². The van der Waals surface area contributed by atoms with E-state index in [9.17, 15) is 4.79 Å². The molecule has 19 heavy (non-hydrogen) atoms. The minimum atomic E-state index is 0.0295. The number of rotatable bonds is 2. The van der Waals surface area contributed by atoms with E-state index in [2.05, 4.69) is 22.4 Å². The van der Waals surface area contributed by atoms with Crippen molar-refractivity contribution in [3.63, 3.8) is 0 Å². The Morgan fingerprint density at radius 3 is 3.05 bits per heavy atom. The van der Waals surface area contributed by atoms with Gasteiger partial charge in [-0.15, -0.1) is 0 Å². The first-order valence-corrected chi connectivity index (χ1v) is 6.98. The molecule has 1 aromatic heterocycles. The molecule has 4 nitrogen and oxygen atoms in total. The summed E-state index contributed by atoms with van der Waals surface area (Å²) in [5.74, 6) is 0.609. The fourth-order valence-electron chi connectivity index (χ4n) is 2.87. The molecule has 2 aromatic rings. The average Bonchev–Trinajstić information content (AvgIpc) is 2.88. The maximum Gasteiger partial charge on any atom is 0.251 e. The third-order valence-corrected chi connectivity index (χ3v) is 4.13. The number of nitrogens with one attached hydrogen (secondary N) is 2. The van der Waals surface area contributed by atoms with Crippen LogP contribution in [0.2, 0.25) is 0 Å². The van der Waals surface area contributed by atoms with Crippen LogP contribution in [0.25, 0.3) is 10.9 Å². The molecular formula is C15H19N3O. The Morgan fingerprint density at radius 1 is 1.37 bits per heavy atom. The topological polar surface area (TPSA) is 57.8 Å². The van der Waals surface area contributed by atoms with E-state index in [0.717, 1.165) is 17.3 Å². The van der Waals surface area contributed by atoms with E-state index in [-0.39, 0.29) is 5.91 Å². The predicted octanol–water partition coefficient (Wildman–Crippen LogP) is 2.87. The highest BCUT2D eigenvalue weighted by Gasteiger charge is 2.23. The second-order valence-electron chi connectivity index (χ2n) is 5.51. The van der Waals surface area contributed by atoms with Gasteiger partial charge in [-0.2, -0.15) is 5.10 Å². The number of aromatic nitrogens is 2. The molecule has 3 rings (SSSR count). The molecule has 1 amide bonds. The van der Waals surface area contributed by atoms with Crippen molar-refractivity contribution in [1.29, 1.82) is 0 Å². The number of nitrogens with zero attached hydrogens (tertiary/aromatic N) is 1. The molecule has 0 unspecified atom stereocenters. The Balaban J connectivity index is 1.75. The minimum absolute atomic E-state index is 0.0295. The third kappa shape index (κ3) is 2.48. The van der Waals surface area contributed by atoms with Crippen molar-refractivity contribution in [1.82, 2.24) is 15.5 Å². The van der Waals surface area contributed by atoms with E-state index in [4.69, 9.17) is 0 Å². The highest BCUT2D eigenvalue weighted by Crippen LogP contribution is 2.24. The van der Waals surface area contributed by atoms with E-state index < -0.39 is 0 Å². The first kappa shape index (κ1) is 12.2. The second-order valence-corrected chi connectivity index (χ2v) is 5.51. The van der Waals surface area contributed by atoms with Gasteiger partial charge in [0.05, 0.1) is 11.7 Å². The molecule has 1 saturated carbocycles. The monoisotopic (exact) mass is 257 g/mol. The zero-order chi connectivity index (χ0) is 13.2. The third-order valence-electron chi connectivity index (χ3n) is 4.13. The van der Waals surface area contributed by atoms with E-state index in [1.54, 1.807) is 6.20 Å². The van der Waals surface area contributed by atoms with Crippen molar-refractivity contribution in [3.05, 3.63) is 30.0 Å². The highest BCUT2D eigenvalue weighted by molar-refractivity contribution is 5.98. The smallest absolute Gasteiger partial charge is 0.251 e. The fraction of sp³-hybridized carbons (Fsp3) is 0.467. The summed E-state index contributed by atoms with van der Waals surface area (Å²) in [4.78, 5) is 12.3. The Bertz CT molecular complexity index is 590. The van der Waals surface area contributed by atoms with Gasteiger partial charge in [-0.3, -0.25) is 9.89 Å². The van der Waals surface area contributed by atoms with Gasteiger partial charge in [0, 0.05) is 17.0 Å². The molecule has 1 fully saturated rings. The quantitative estimate of drug-likeness (QED) is 0.869. The Morgan fingerprint density at radius 2 is 2.21 bits per heavy atom. The molecule has 1 aromatic carbocycles. The summed E-state index contributed by atoms with van der Waals surface area (Å²) in [6.45, 7) is 2.23. The molecule has 0 bridgehead atoms. The van der Waals surface area contributed by atoms with Crippen molar-refractivity contribution in [2.75, 3.05) is 0 Å². The summed E-state index contributed by atoms with van der Waals surface area (Å²) < 4.78 is 0. The number of hydrogen-bond donors (Lipinski definition) is 2. The first-order chi connectivity index (χ1) is 9.24. The molecule has 1 aliphatic rings. The molecule has 2 atom stereocenters. The van der Waals surface area contributed by atoms with Crippen LogP contribution in [0.3, 0.4) is 0 Å². The Kier molecular flexibility index (Phi) is 3.23. The molecule has 100 valence electrons. The number of benzene rings is 1. The van der Waals surface area contributed by atoms with Crippen LogP contribution in [0.15, 0.2) is 24.4 Å². The van der Waals surface area contributed by atoms with Crippen molar-refractivity contribution < 1.29 is 4.79 Å². The predicted molar refractivity (Wildman–Crippen MR) is 75.0 cm³/mol. The van der Waals surface area contributed by atoms with E-state index in [1.807, 2.05) is 18.2 Å². The molecular weight excluding hydrogens is 238 g/mol. The van der Waals surface area contributed by atoms with Gasteiger partial charge in [0.2, 0.25) is 0 Å². The molecule has 2 N–H and O–H groups in total. The minimum Gasteiger partial charge on any atom is -0.349 e. The number of aromatic amines is 1. The number of carbonyl (C=O) groups is 1. The van der Waals surface area contributed by atoms with Gasteiger partial charge in [0.25, 0.3) is 5.91 Å². The number of fused-ring (bicyclic) bond motifs is 1. The van der Waals surface area contributed by atoms with Crippen molar-refractivity contribution in [2.45, 2.75) is 38.6 Å². The fourth-order valence-corrected chi connectivity index (χ4v) is 2.87. The Labute approximate surface area is 112 Å². The number of H-pyrrole nitrogens is 1. The van der Waals surface area contributed by atoms with Gasteiger partial charge in [0.1, 0.15) is 0 Å². The summed E-state index contributed by atoms with van der Waals surface area (Å²) in [6, 6.07) is 5.97. The summed E-state index contributed by atoms with van der Waals surface area (Å²) in [6.07, 6.45) is 6.56. The van der Waals surface area contributed by atoms with E-state index in [1.165, 1.54) is 19.3 Å². The SMILES string of the molecule is C[C@@H]1CCCC[C@@H]1NC(=O)c1ccc2[nH]ncc2c1. The van der Waals surface area contributed by atoms with Crippen molar-refractivity contribution in [2.24, 2.45) is 5.92 Å². The highest BCUT2D eigenvalue weighted by atomic mass is 16.1. The van der Waals surface area contributed by atoms with Crippen LogP contribution in [0.1, 0.15) is 43.0 Å². The van der Waals surface area contributed by atoms with Crippen LogP contribution in [-0.2, 0) is 0 Å². The van der Waals surface area contributed by atoms with Gasteiger partial charge in [-0.25, -0.2) is 0 Å². The lowest BCUT2D eigenvalue weighted by Gasteiger charge is -2.29. The number of amides is 1. The molecule has 4 heteroatoms. The Hall–Kier alpha value is -1.84. The summed E-state index contributed by atoms with van der Waals surface area (Å²) in [7, 11) is 0. The average molecular weight is 257 g/mol. The molecule has 1 aliphatic carbocycles. The standard InChI is InChI=1S/C15H19N3O/c1-10-4-2-3-5-13(10)17-15(19)11-6-7-14-12(8-11)9-16-18-14/h6-10,13H,2-5H2,1H3,(H,16,18)(H,17,19)/t10-,13+/m1/s1. The first-order valence-electron chi connectivity index (χ1n) is 6.98. The van der Waals surface area contributed by atoms with Gasteiger partial charge < -0.3 is 5.32 Å². The van der Waals surface area contributed by atoms with Gasteiger partial charge in [-0.1, -0.05) is 19.8 Å². The lowest BCUT2D eigenvalue weighted by molar-refractivity contribution is 0.0910. The number of hydrogen-bond acceptors (Lipinski definition) is 2. The van der Waals surface area contributed by atoms with Gasteiger partial charge in [0.15, 0.2) is 0 Å². The number of carbonyl (C=O) groups excluding carboxylic acids is 1. The van der Waals surface area contributed by atoms with E-state index >= 15 is 0 Å². The zero-order valence-electron chi connectivity index (χ0n) is 11.1. The van der Waals surface area contributed by atoms with E-state index in [0.29, 0.717) is 17.5 Å². The van der Waals surface area contributed by atoms with Gasteiger partial charge >= 0.3 is 0 Å². The summed E-state index contributed by atoms with van der Waals surface area (Å²) in [5, 5.41) is 11.0. The lowest BCUT2D eigenvalue weighted by Crippen LogP contribution is -2.41. The van der Waals surface area contributed by atoms with Crippen molar-refractivity contribution >= 4 is 16.8 Å². The maximum absolute atomic E-state index is 12.3. The summed E-state index contributed by atoms with van der Waals surface area (Å²) in [5.41, 5.74) is 1.68. The van der Waals surface area contributed by atoms with Crippen LogP contribution in [0.5, 0.6) is 0 Å².